The zero-order chi connectivity index (χ0) is 13.2. The van der Waals surface area contributed by atoms with Crippen LogP contribution in [0.25, 0.3) is 0 Å². The van der Waals surface area contributed by atoms with Crippen molar-refractivity contribution in [1.82, 2.24) is 5.32 Å². The lowest BCUT2D eigenvalue weighted by Crippen LogP contribution is -2.41. The monoisotopic (exact) mass is 255 g/mol. The molecule has 0 radical (unpaired) electrons. The first kappa shape index (κ1) is 16.0. The summed E-state index contributed by atoms with van der Waals surface area (Å²) in [5, 5.41) is 3.72. The van der Waals surface area contributed by atoms with E-state index in [1.165, 1.54) is 57.9 Å². The van der Waals surface area contributed by atoms with Gasteiger partial charge in [-0.3, -0.25) is 0 Å². The molecule has 2 unspecified atom stereocenters. The van der Waals surface area contributed by atoms with E-state index in [0.717, 1.165) is 6.61 Å². The van der Waals surface area contributed by atoms with Crippen LogP contribution in [0.4, 0.5) is 0 Å². The Balaban J connectivity index is 1.98. The van der Waals surface area contributed by atoms with E-state index in [0.29, 0.717) is 18.1 Å². The predicted molar refractivity (Wildman–Crippen MR) is 79.0 cm³/mol. The largest absolute Gasteiger partial charge is 0.378 e. The Bertz CT molecular complexity index is 194. The molecule has 0 aromatic heterocycles. The van der Waals surface area contributed by atoms with Gasteiger partial charge in [0.25, 0.3) is 0 Å². The van der Waals surface area contributed by atoms with Crippen molar-refractivity contribution in [1.29, 1.82) is 0 Å². The first-order valence-electron chi connectivity index (χ1n) is 8.09. The van der Waals surface area contributed by atoms with Gasteiger partial charge in [-0.2, -0.15) is 0 Å². The highest BCUT2D eigenvalue weighted by Crippen LogP contribution is 2.20. The van der Waals surface area contributed by atoms with Crippen molar-refractivity contribution >= 4 is 0 Å². The Morgan fingerprint density at radius 1 is 1.11 bits per heavy atom. The SMILES string of the molecule is CCCCCCCCNC1CCOC(C(C)C)C1. The third kappa shape index (κ3) is 6.75. The van der Waals surface area contributed by atoms with Crippen LogP contribution in [0.5, 0.6) is 0 Å². The Kier molecular flexibility index (Phi) is 8.70. The molecule has 2 heteroatoms. The molecule has 0 spiro atoms. The molecule has 1 fully saturated rings. The molecule has 0 aliphatic carbocycles. The molecule has 0 aromatic rings. The fourth-order valence-electron chi connectivity index (χ4n) is 2.69. The van der Waals surface area contributed by atoms with E-state index in [1.54, 1.807) is 0 Å². The molecule has 0 amide bonds. The number of unbranched alkanes of at least 4 members (excludes halogenated alkanes) is 5. The van der Waals surface area contributed by atoms with Crippen LogP contribution >= 0.6 is 0 Å². The topological polar surface area (TPSA) is 21.3 Å². The second-order valence-corrected chi connectivity index (χ2v) is 6.10. The average molecular weight is 255 g/mol. The van der Waals surface area contributed by atoms with Gasteiger partial charge in [0.15, 0.2) is 0 Å². The van der Waals surface area contributed by atoms with Gasteiger partial charge in [-0.05, 0) is 31.7 Å². The van der Waals surface area contributed by atoms with Crippen molar-refractivity contribution in [2.24, 2.45) is 5.92 Å². The van der Waals surface area contributed by atoms with Crippen LogP contribution in [0.15, 0.2) is 0 Å². The van der Waals surface area contributed by atoms with Gasteiger partial charge in [0.1, 0.15) is 0 Å². The number of ether oxygens (including phenoxy) is 1. The summed E-state index contributed by atoms with van der Waals surface area (Å²) >= 11 is 0. The molecule has 2 nitrogen and oxygen atoms in total. The predicted octanol–water partition coefficient (Wildman–Crippen LogP) is 4.14. The quantitative estimate of drug-likeness (QED) is 0.625. The van der Waals surface area contributed by atoms with Gasteiger partial charge >= 0.3 is 0 Å². The van der Waals surface area contributed by atoms with E-state index in [1.807, 2.05) is 0 Å². The molecule has 0 saturated carbocycles. The van der Waals surface area contributed by atoms with E-state index in [9.17, 15) is 0 Å². The van der Waals surface area contributed by atoms with E-state index in [-0.39, 0.29) is 0 Å². The Labute approximate surface area is 114 Å². The number of hydrogen-bond donors (Lipinski definition) is 1. The van der Waals surface area contributed by atoms with E-state index in [2.05, 4.69) is 26.1 Å². The highest BCUT2D eigenvalue weighted by molar-refractivity contribution is 4.78. The van der Waals surface area contributed by atoms with Gasteiger partial charge in [-0.15, -0.1) is 0 Å². The molecule has 0 bridgehead atoms. The van der Waals surface area contributed by atoms with E-state index >= 15 is 0 Å². The molecule has 1 aliphatic rings. The lowest BCUT2D eigenvalue weighted by molar-refractivity contribution is -0.0242. The Morgan fingerprint density at radius 2 is 1.83 bits per heavy atom. The second kappa shape index (κ2) is 9.80. The van der Waals surface area contributed by atoms with Gasteiger partial charge in [0.05, 0.1) is 6.10 Å². The Hall–Kier alpha value is -0.0800. The van der Waals surface area contributed by atoms with Gasteiger partial charge in [0, 0.05) is 12.6 Å². The van der Waals surface area contributed by atoms with Crippen molar-refractivity contribution in [2.75, 3.05) is 13.2 Å². The summed E-state index contributed by atoms with van der Waals surface area (Å²) in [5.74, 6) is 0.656. The summed E-state index contributed by atoms with van der Waals surface area (Å²) in [5.41, 5.74) is 0. The number of hydrogen-bond acceptors (Lipinski definition) is 2. The maximum atomic E-state index is 5.80. The molecule has 1 heterocycles. The summed E-state index contributed by atoms with van der Waals surface area (Å²) in [4.78, 5) is 0. The highest BCUT2D eigenvalue weighted by atomic mass is 16.5. The molecule has 108 valence electrons. The standard InChI is InChI=1S/C16H33NO/c1-4-5-6-7-8-9-11-17-15-10-12-18-16(13-15)14(2)3/h14-17H,4-13H2,1-3H3. The second-order valence-electron chi connectivity index (χ2n) is 6.10. The highest BCUT2D eigenvalue weighted by Gasteiger charge is 2.24. The first-order valence-corrected chi connectivity index (χ1v) is 8.09. The molecule has 1 aliphatic heterocycles. The van der Waals surface area contributed by atoms with Crippen molar-refractivity contribution in [3.8, 4) is 0 Å². The molecular weight excluding hydrogens is 222 g/mol. The lowest BCUT2D eigenvalue weighted by atomic mass is 9.95. The minimum absolute atomic E-state index is 0.473. The van der Waals surface area contributed by atoms with Crippen molar-refractivity contribution in [3.63, 3.8) is 0 Å². The summed E-state index contributed by atoms with van der Waals surface area (Å²) < 4.78 is 5.80. The van der Waals surface area contributed by atoms with Crippen molar-refractivity contribution < 1.29 is 4.74 Å². The van der Waals surface area contributed by atoms with Crippen molar-refractivity contribution in [3.05, 3.63) is 0 Å². The molecule has 0 aromatic carbocycles. The zero-order valence-corrected chi connectivity index (χ0v) is 12.7. The maximum Gasteiger partial charge on any atom is 0.0612 e. The van der Waals surface area contributed by atoms with E-state index in [4.69, 9.17) is 4.74 Å². The number of rotatable bonds is 9. The first-order chi connectivity index (χ1) is 8.74. The van der Waals surface area contributed by atoms with Crippen molar-refractivity contribution in [2.45, 2.75) is 84.3 Å². The fraction of sp³-hybridized carbons (Fsp3) is 1.00. The van der Waals surface area contributed by atoms with Crippen LogP contribution in [-0.2, 0) is 4.74 Å². The van der Waals surface area contributed by atoms with Crippen LogP contribution in [0.2, 0.25) is 0 Å². The third-order valence-electron chi connectivity index (χ3n) is 4.02. The molecule has 1 rings (SSSR count). The van der Waals surface area contributed by atoms with Gasteiger partial charge in [-0.1, -0.05) is 52.9 Å². The van der Waals surface area contributed by atoms with Crippen LogP contribution in [0.1, 0.15) is 72.1 Å². The maximum absolute atomic E-state index is 5.80. The molecule has 18 heavy (non-hydrogen) atoms. The van der Waals surface area contributed by atoms with Crippen LogP contribution in [-0.4, -0.2) is 25.3 Å². The molecule has 2 atom stereocenters. The molecule has 1 saturated heterocycles. The molecular formula is C16H33NO. The van der Waals surface area contributed by atoms with Crippen LogP contribution < -0.4 is 5.32 Å². The van der Waals surface area contributed by atoms with Crippen LogP contribution in [0, 0.1) is 5.92 Å². The normalized spacial score (nSPS) is 24.7. The van der Waals surface area contributed by atoms with Gasteiger partial charge < -0.3 is 10.1 Å². The smallest absolute Gasteiger partial charge is 0.0612 e. The van der Waals surface area contributed by atoms with Gasteiger partial charge in [-0.25, -0.2) is 0 Å². The third-order valence-corrected chi connectivity index (χ3v) is 4.02. The summed E-state index contributed by atoms with van der Waals surface area (Å²) in [6, 6.07) is 0.696. The summed E-state index contributed by atoms with van der Waals surface area (Å²) in [7, 11) is 0. The molecule has 1 N–H and O–H groups in total. The average Bonchev–Trinajstić information content (AvgIpc) is 2.38. The fourth-order valence-corrected chi connectivity index (χ4v) is 2.69. The minimum Gasteiger partial charge on any atom is -0.378 e. The lowest BCUT2D eigenvalue weighted by Gasteiger charge is -2.32. The number of nitrogens with one attached hydrogen (secondary N) is 1. The summed E-state index contributed by atoms with van der Waals surface area (Å²) in [6.45, 7) is 8.94. The zero-order valence-electron chi connectivity index (χ0n) is 12.7. The Morgan fingerprint density at radius 3 is 2.56 bits per heavy atom. The van der Waals surface area contributed by atoms with Gasteiger partial charge in [0.2, 0.25) is 0 Å². The summed E-state index contributed by atoms with van der Waals surface area (Å²) in [6.07, 6.45) is 11.2. The minimum atomic E-state index is 0.473. The van der Waals surface area contributed by atoms with Crippen LogP contribution in [0.3, 0.4) is 0 Å². The van der Waals surface area contributed by atoms with E-state index < -0.39 is 0 Å².